The van der Waals surface area contributed by atoms with E-state index in [1.54, 1.807) is 48.9 Å². The summed E-state index contributed by atoms with van der Waals surface area (Å²) in [6, 6.07) is 12.3. The highest BCUT2D eigenvalue weighted by atomic mass is 35.5. The number of rotatable bonds is 5. The average molecular weight is 373 g/mol. The van der Waals surface area contributed by atoms with E-state index in [-0.39, 0.29) is 5.91 Å². The van der Waals surface area contributed by atoms with Crippen molar-refractivity contribution in [3.8, 4) is 0 Å². The molecule has 0 atom stereocenters. The minimum atomic E-state index is -0.243. The molecule has 0 unspecified atom stereocenters. The lowest BCUT2D eigenvalue weighted by atomic mass is 10.2. The predicted molar refractivity (Wildman–Crippen MR) is 99.4 cm³/mol. The van der Waals surface area contributed by atoms with E-state index in [0.29, 0.717) is 28.0 Å². The van der Waals surface area contributed by atoms with Crippen molar-refractivity contribution in [2.45, 2.75) is 6.54 Å². The number of nitrogens with one attached hydrogen (secondary N) is 2. The van der Waals surface area contributed by atoms with Crippen LogP contribution in [0.1, 0.15) is 16.1 Å². The summed E-state index contributed by atoms with van der Waals surface area (Å²) in [7, 11) is 0. The van der Waals surface area contributed by atoms with Crippen LogP contribution < -0.4 is 10.6 Å². The Balaban J connectivity index is 1.62. The molecule has 3 aromatic rings. The Labute approximate surface area is 155 Å². The van der Waals surface area contributed by atoms with Gasteiger partial charge in [0.15, 0.2) is 0 Å². The van der Waals surface area contributed by atoms with Gasteiger partial charge in [-0.2, -0.15) is 0 Å². The molecule has 0 fully saturated rings. The smallest absolute Gasteiger partial charge is 0.270 e. The summed E-state index contributed by atoms with van der Waals surface area (Å²) in [5, 5.41) is 7.02. The van der Waals surface area contributed by atoms with Crippen LogP contribution in [0.15, 0.2) is 61.1 Å². The molecule has 1 aromatic carbocycles. The number of benzene rings is 1. The van der Waals surface area contributed by atoms with Crippen LogP contribution in [0, 0.1) is 0 Å². The minimum absolute atomic E-state index is 0.243. The maximum atomic E-state index is 12.1. The zero-order valence-corrected chi connectivity index (χ0v) is 14.6. The van der Waals surface area contributed by atoms with Crippen LogP contribution >= 0.6 is 23.2 Å². The monoisotopic (exact) mass is 372 g/mol. The van der Waals surface area contributed by atoms with Gasteiger partial charge in [-0.3, -0.25) is 9.78 Å². The van der Waals surface area contributed by atoms with Crippen molar-refractivity contribution in [2.75, 3.05) is 5.32 Å². The van der Waals surface area contributed by atoms with Crippen molar-refractivity contribution >= 4 is 40.5 Å². The first-order valence-corrected chi connectivity index (χ1v) is 8.22. The molecule has 25 heavy (non-hydrogen) atoms. The fourth-order valence-corrected chi connectivity index (χ4v) is 2.58. The van der Waals surface area contributed by atoms with Gasteiger partial charge in [0.25, 0.3) is 5.91 Å². The topological polar surface area (TPSA) is 66.9 Å². The summed E-state index contributed by atoms with van der Waals surface area (Å²) < 4.78 is 0. The van der Waals surface area contributed by atoms with Crippen LogP contribution in [0.4, 0.5) is 11.4 Å². The molecule has 0 bridgehead atoms. The first kappa shape index (κ1) is 17.2. The van der Waals surface area contributed by atoms with Crippen LogP contribution in [0.3, 0.4) is 0 Å². The van der Waals surface area contributed by atoms with Gasteiger partial charge in [-0.25, -0.2) is 4.98 Å². The third-order valence-electron chi connectivity index (χ3n) is 3.41. The van der Waals surface area contributed by atoms with Crippen molar-refractivity contribution in [2.24, 2.45) is 0 Å². The number of carbonyl (C=O) groups is 1. The van der Waals surface area contributed by atoms with Gasteiger partial charge in [-0.1, -0.05) is 23.2 Å². The molecule has 126 valence electrons. The maximum absolute atomic E-state index is 12.1. The SMILES string of the molecule is O=C(NCc1ccncc1)c1ccc(Nc2ccc(Cl)cc2Cl)cn1. The molecule has 0 spiro atoms. The summed E-state index contributed by atoms with van der Waals surface area (Å²) in [6.45, 7) is 0.420. The van der Waals surface area contributed by atoms with Crippen LogP contribution in [-0.2, 0) is 6.54 Å². The molecule has 0 aliphatic carbocycles. The van der Waals surface area contributed by atoms with Crippen molar-refractivity contribution < 1.29 is 4.79 Å². The molecule has 0 aliphatic rings. The number of aromatic nitrogens is 2. The van der Waals surface area contributed by atoms with Crippen LogP contribution in [-0.4, -0.2) is 15.9 Å². The number of pyridine rings is 2. The van der Waals surface area contributed by atoms with Gasteiger partial charge in [0, 0.05) is 24.0 Å². The molecule has 1 amide bonds. The van der Waals surface area contributed by atoms with Gasteiger partial charge < -0.3 is 10.6 Å². The second-order valence-electron chi connectivity index (χ2n) is 5.22. The third-order valence-corrected chi connectivity index (χ3v) is 3.96. The molecule has 0 saturated heterocycles. The number of nitrogens with zero attached hydrogens (tertiary/aromatic N) is 2. The Kier molecular flexibility index (Phi) is 5.48. The van der Waals surface area contributed by atoms with E-state index in [9.17, 15) is 4.79 Å². The minimum Gasteiger partial charge on any atom is -0.353 e. The van der Waals surface area contributed by atoms with Crippen LogP contribution in [0.5, 0.6) is 0 Å². The molecular weight excluding hydrogens is 359 g/mol. The number of carbonyl (C=O) groups excluding carboxylic acids is 1. The van der Waals surface area contributed by atoms with E-state index in [1.807, 2.05) is 12.1 Å². The Hall–Kier alpha value is -2.63. The number of hydrogen-bond acceptors (Lipinski definition) is 4. The molecule has 2 aromatic heterocycles. The molecule has 7 heteroatoms. The van der Waals surface area contributed by atoms with Crippen molar-refractivity contribution in [1.82, 2.24) is 15.3 Å². The highest BCUT2D eigenvalue weighted by Gasteiger charge is 2.08. The normalized spacial score (nSPS) is 10.3. The Morgan fingerprint density at radius 2 is 1.84 bits per heavy atom. The van der Waals surface area contributed by atoms with E-state index < -0.39 is 0 Å². The Bertz CT molecular complexity index is 870. The van der Waals surface area contributed by atoms with Crippen molar-refractivity contribution in [1.29, 1.82) is 0 Å². The molecule has 2 N–H and O–H groups in total. The molecule has 2 heterocycles. The maximum Gasteiger partial charge on any atom is 0.270 e. The molecule has 5 nitrogen and oxygen atoms in total. The number of amides is 1. The number of halogens is 2. The third kappa shape index (κ3) is 4.68. The van der Waals surface area contributed by atoms with E-state index in [2.05, 4.69) is 20.6 Å². The highest BCUT2D eigenvalue weighted by Crippen LogP contribution is 2.27. The molecular formula is C18H14Cl2N4O. The molecule has 0 saturated carbocycles. The quantitative estimate of drug-likeness (QED) is 0.693. The first-order valence-electron chi connectivity index (χ1n) is 7.47. The fourth-order valence-electron chi connectivity index (χ4n) is 2.12. The van der Waals surface area contributed by atoms with E-state index in [4.69, 9.17) is 23.2 Å². The summed E-state index contributed by atoms with van der Waals surface area (Å²) in [6.07, 6.45) is 4.94. The zero-order valence-electron chi connectivity index (χ0n) is 13.0. The number of hydrogen-bond donors (Lipinski definition) is 2. The summed E-state index contributed by atoms with van der Waals surface area (Å²) in [4.78, 5) is 20.2. The summed E-state index contributed by atoms with van der Waals surface area (Å²) in [5.74, 6) is -0.243. The van der Waals surface area contributed by atoms with Gasteiger partial charge in [0.2, 0.25) is 0 Å². The van der Waals surface area contributed by atoms with Gasteiger partial charge in [-0.15, -0.1) is 0 Å². The van der Waals surface area contributed by atoms with Crippen LogP contribution in [0.25, 0.3) is 0 Å². The lowest BCUT2D eigenvalue weighted by molar-refractivity contribution is 0.0946. The number of anilines is 2. The Morgan fingerprint density at radius 1 is 1.04 bits per heavy atom. The van der Waals surface area contributed by atoms with E-state index in [1.165, 1.54) is 0 Å². The largest absolute Gasteiger partial charge is 0.353 e. The van der Waals surface area contributed by atoms with Crippen LogP contribution in [0.2, 0.25) is 10.0 Å². The van der Waals surface area contributed by atoms with Crippen molar-refractivity contribution in [3.63, 3.8) is 0 Å². The predicted octanol–water partition coefficient (Wildman–Crippen LogP) is 4.46. The zero-order chi connectivity index (χ0) is 17.6. The lowest BCUT2D eigenvalue weighted by Crippen LogP contribution is -2.23. The van der Waals surface area contributed by atoms with Crippen molar-refractivity contribution in [3.05, 3.63) is 82.4 Å². The lowest BCUT2D eigenvalue weighted by Gasteiger charge is -2.09. The van der Waals surface area contributed by atoms with Gasteiger partial charge in [0.1, 0.15) is 5.69 Å². The van der Waals surface area contributed by atoms with Gasteiger partial charge in [0.05, 0.1) is 22.6 Å². The van der Waals surface area contributed by atoms with E-state index >= 15 is 0 Å². The van der Waals surface area contributed by atoms with Gasteiger partial charge in [-0.05, 0) is 48.0 Å². The van der Waals surface area contributed by atoms with E-state index in [0.717, 1.165) is 11.3 Å². The summed E-state index contributed by atoms with van der Waals surface area (Å²) in [5.41, 5.74) is 2.73. The first-order chi connectivity index (χ1) is 12.1. The van der Waals surface area contributed by atoms with Gasteiger partial charge >= 0.3 is 0 Å². The second kappa shape index (κ2) is 7.96. The molecule has 0 aliphatic heterocycles. The second-order valence-corrected chi connectivity index (χ2v) is 6.06. The fraction of sp³-hybridized carbons (Fsp3) is 0.0556. The molecule has 3 rings (SSSR count). The highest BCUT2D eigenvalue weighted by molar-refractivity contribution is 6.36. The Morgan fingerprint density at radius 3 is 2.52 bits per heavy atom. The molecule has 0 radical (unpaired) electrons. The summed E-state index contributed by atoms with van der Waals surface area (Å²) >= 11 is 12.0. The average Bonchev–Trinajstić information content (AvgIpc) is 2.63. The standard InChI is InChI=1S/C18H14Cl2N4O/c19-13-1-3-16(15(20)9-13)24-14-2-4-17(22-11-14)18(25)23-10-12-5-7-21-8-6-12/h1-9,11,24H,10H2,(H,23,25).